The van der Waals surface area contributed by atoms with Crippen molar-refractivity contribution in [2.24, 2.45) is 13.0 Å². The summed E-state index contributed by atoms with van der Waals surface area (Å²) in [5.74, 6) is 0.198. The minimum Gasteiger partial charge on any atom is -0.329 e. The third-order valence-corrected chi connectivity index (χ3v) is 4.62. The van der Waals surface area contributed by atoms with Crippen molar-refractivity contribution < 1.29 is 0 Å². The fraction of sp³-hybridized carbons (Fsp3) is 0.667. The molecule has 1 fully saturated rings. The Morgan fingerprint density at radius 3 is 2.94 bits per heavy atom. The molecule has 0 aliphatic heterocycles. The monoisotopic (exact) mass is 235 g/mol. The van der Waals surface area contributed by atoms with Crippen LogP contribution in [-0.4, -0.2) is 14.8 Å². The van der Waals surface area contributed by atoms with Crippen molar-refractivity contribution in [3.8, 4) is 6.07 Å². The fourth-order valence-electron chi connectivity index (χ4n) is 2.16. The summed E-state index contributed by atoms with van der Waals surface area (Å²) in [5.41, 5.74) is 0. The summed E-state index contributed by atoms with van der Waals surface area (Å²) in [6, 6.07) is 2.47. The standard InChI is InChI=1S/C12H17N3S/c1-15-8-7-14-12(15)16-11-6-4-2-3-5-10(11)9-13/h7-8,10-11H,2-6H2,1H3. The first-order valence-electron chi connectivity index (χ1n) is 5.85. The normalized spacial score (nSPS) is 26.0. The number of aromatic nitrogens is 2. The summed E-state index contributed by atoms with van der Waals surface area (Å²) in [6.45, 7) is 0. The Balaban J connectivity index is 2.06. The molecule has 4 heteroatoms. The molecule has 1 aromatic rings. The zero-order valence-electron chi connectivity index (χ0n) is 9.59. The van der Waals surface area contributed by atoms with E-state index in [0.717, 1.165) is 18.0 Å². The van der Waals surface area contributed by atoms with Gasteiger partial charge in [-0.15, -0.1) is 0 Å². The minimum atomic E-state index is 0.198. The smallest absolute Gasteiger partial charge is 0.167 e. The Kier molecular flexibility index (Phi) is 3.89. The summed E-state index contributed by atoms with van der Waals surface area (Å²) < 4.78 is 2.03. The molecule has 0 amide bonds. The molecule has 16 heavy (non-hydrogen) atoms. The van der Waals surface area contributed by atoms with Gasteiger partial charge in [-0.3, -0.25) is 0 Å². The van der Waals surface area contributed by atoms with Crippen LogP contribution in [0.15, 0.2) is 17.6 Å². The van der Waals surface area contributed by atoms with Gasteiger partial charge >= 0.3 is 0 Å². The molecule has 2 rings (SSSR count). The van der Waals surface area contributed by atoms with E-state index in [1.54, 1.807) is 11.8 Å². The number of aryl methyl sites for hydroxylation is 1. The number of hydrogen-bond donors (Lipinski definition) is 0. The minimum absolute atomic E-state index is 0.198. The lowest BCUT2D eigenvalue weighted by atomic mass is 10.0. The molecule has 1 aliphatic carbocycles. The molecule has 86 valence electrons. The Morgan fingerprint density at radius 1 is 1.44 bits per heavy atom. The van der Waals surface area contributed by atoms with Gasteiger partial charge in [0.25, 0.3) is 0 Å². The molecular weight excluding hydrogens is 218 g/mol. The van der Waals surface area contributed by atoms with Gasteiger partial charge < -0.3 is 4.57 Å². The molecule has 0 spiro atoms. The summed E-state index contributed by atoms with van der Waals surface area (Å²) in [6.07, 6.45) is 9.71. The number of imidazole rings is 1. The van der Waals surface area contributed by atoms with Crippen LogP contribution in [0.4, 0.5) is 0 Å². The van der Waals surface area contributed by atoms with Gasteiger partial charge in [-0.1, -0.05) is 31.0 Å². The van der Waals surface area contributed by atoms with Crippen LogP contribution in [0.1, 0.15) is 32.1 Å². The molecule has 0 bridgehead atoms. The highest BCUT2D eigenvalue weighted by molar-refractivity contribution is 7.99. The van der Waals surface area contributed by atoms with E-state index < -0.39 is 0 Å². The van der Waals surface area contributed by atoms with Crippen LogP contribution >= 0.6 is 11.8 Å². The first-order valence-corrected chi connectivity index (χ1v) is 6.73. The number of nitrogens with zero attached hydrogens (tertiary/aromatic N) is 3. The van der Waals surface area contributed by atoms with E-state index in [-0.39, 0.29) is 5.92 Å². The van der Waals surface area contributed by atoms with Crippen molar-refractivity contribution in [2.75, 3.05) is 0 Å². The fourth-order valence-corrected chi connectivity index (χ4v) is 3.43. The van der Waals surface area contributed by atoms with Crippen LogP contribution in [0, 0.1) is 17.2 Å². The number of nitriles is 1. The molecule has 0 saturated heterocycles. The Labute approximate surface area is 101 Å². The van der Waals surface area contributed by atoms with Gasteiger partial charge in [-0.05, 0) is 12.8 Å². The van der Waals surface area contributed by atoms with Gasteiger partial charge in [0.1, 0.15) is 0 Å². The predicted molar refractivity (Wildman–Crippen MR) is 65.0 cm³/mol. The highest BCUT2D eigenvalue weighted by atomic mass is 32.2. The topological polar surface area (TPSA) is 41.6 Å². The first kappa shape index (κ1) is 11.5. The molecule has 2 unspecified atom stereocenters. The maximum Gasteiger partial charge on any atom is 0.167 e. The van der Waals surface area contributed by atoms with Crippen molar-refractivity contribution in [1.29, 1.82) is 5.26 Å². The molecule has 0 radical (unpaired) electrons. The molecular formula is C12H17N3S. The second-order valence-electron chi connectivity index (χ2n) is 4.35. The average Bonchev–Trinajstić information content (AvgIpc) is 2.56. The maximum absolute atomic E-state index is 9.19. The van der Waals surface area contributed by atoms with Crippen molar-refractivity contribution in [2.45, 2.75) is 42.5 Å². The molecule has 2 atom stereocenters. The molecule has 1 aliphatic rings. The molecule has 3 nitrogen and oxygen atoms in total. The summed E-state index contributed by atoms with van der Waals surface area (Å²) >= 11 is 1.77. The zero-order chi connectivity index (χ0) is 11.4. The van der Waals surface area contributed by atoms with Gasteiger partial charge in [-0.2, -0.15) is 5.26 Å². The van der Waals surface area contributed by atoms with Crippen LogP contribution in [0.2, 0.25) is 0 Å². The average molecular weight is 235 g/mol. The second-order valence-corrected chi connectivity index (χ2v) is 5.56. The first-order chi connectivity index (χ1) is 7.81. The van der Waals surface area contributed by atoms with E-state index in [2.05, 4.69) is 11.1 Å². The van der Waals surface area contributed by atoms with Crippen molar-refractivity contribution in [3.05, 3.63) is 12.4 Å². The second kappa shape index (κ2) is 5.40. The van der Waals surface area contributed by atoms with Crippen molar-refractivity contribution in [1.82, 2.24) is 9.55 Å². The Hall–Kier alpha value is -0.950. The van der Waals surface area contributed by atoms with E-state index in [1.165, 1.54) is 19.3 Å². The Bertz CT molecular complexity index is 380. The van der Waals surface area contributed by atoms with Gasteiger partial charge in [0.15, 0.2) is 5.16 Å². The van der Waals surface area contributed by atoms with Crippen molar-refractivity contribution in [3.63, 3.8) is 0 Å². The molecule has 1 aromatic heterocycles. The van der Waals surface area contributed by atoms with E-state index in [4.69, 9.17) is 0 Å². The van der Waals surface area contributed by atoms with Gasteiger partial charge in [0, 0.05) is 24.7 Å². The van der Waals surface area contributed by atoms with Crippen LogP contribution < -0.4 is 0 Å². The van der Waals surface area contributed by atoms with Gasteiger partial charge in [0.05, 0.1) is 12.0 Å². The third kappa shape index (κ3) is 2.59. The van der Waals surface area contributed by atoms with E-state index in [1.807, 2.05) is 24.0 Å². The van der Waals surface area contributed by atoms with E-state index in [9.17, 15) is 5.26 Å². The van der Waals surface area contributed by atoms with Gasteiger partial charge in [-0.25, -0.2) is 4.98 Å². The SMILES string of the molecule is Cn1ccnc1SC1CCCCCC1C#N. The van der Waals surface area contributed by atoms with Crippen LogP contribution in [0.3, 0.4) is 0 Å². The summed E-state index contributed by atoms with van der Waals surface area (Å²) in [5, 5.41) is 10.7. The van der Waals surface area contributed by atoms with Crippen LogP contribution in [-0.2, 0) is 7.05 Å². The lowest BCUT2D eigenvalue weighted by Crippen LogP contribution is -2.14. The highest BCUT2D eigenvalue weighted by Crippen LogP contribution is 2.35. The summed E-state index contributed by atoms with van der Waals surface area (Å²) in [7, 11) is 2.01. The molecule has 1 saturated carbocycles. The maximum atomic E-state index is 9.19. The number of hydrogen-bond acceptors (Lipinski definition) is 3. The zero-order valence-corrected chi connectivity index (χ0v) is 10.4. The lowest BCUT2D eigenvalue weighted by molar-refractivity contribution is 0.582. The van der Waals surface area contributed by atoms with Crippen LogP contribution in [0.25, 0.3) is 0 Å². The molecule has 0 aromatic carbocycles. The van der Waals surface area contributed by atoms with Crippen LogP contribution in [0.5, 0.6) is 0 Å². The summed E-state index contributed by atoms with van der Waals surface area (Å²) in [4.78, 5) is 4.33. The third-order valence-electron chi connectivity index (χ3n) is 3.15. The lowest BCUT2D eigenvalue weighted by Gasteiger charge is -2.17. The number of rotatable bonds is 2. The predicted octanol–water partition coefficient (Wildman–Crippen LogP) is 2.98. The van der Waals surface area contributed by atoms with Crippen molar-refractivity contribution >= 4 is 11.8 Å². The largest absolute Gasteiger partial charge is 0.329 e. The Morgan fingerprint density at radius 2 is 2.25 bits per heavy atom. The van der Waals surface area contributed by atoms with E-state index >= 15 is 0 Å². The molecule has 0 N–H and O–H groups in total. The number of thioether (sulfide) groups is 1. The quantitative estimate of drug-likeness (QED) is 0.740. The molecule has 1 heterocycles. The van der Waals surface area contributed by atoms with E-state index in [0.29, 0.717) is 5.25 Å². The van der Waals surface area contributed by atoms with Gasteiger partial charge in [0.2, 0.25) is 0 Å². The highest BCUT2D eigenvalue weighted by Gasteiger charge is 2.25.